The third-order valence-electron chi connectivity index (χ3n) is 4.16. The number of hydrogen-bond donors (Lipinski definition) is 1. The molecule has 6 heteroatoms. The van der Waals surface area contributed by atoms with E-state index in [9.17, 15) is 0 Å². The van der Waals surface area contributed by atoms with Gasteiger partial charge in [0.1, 0.15) is 0 Å². The van der Waals surface area contributed by atoms with Crippen LogP contribution in [0.4, 0.5) is 0 Å². The first-order valence-electron chi connectivity index (χ1n) is 7.14. The lowest BCUT2D eigenvalue weighted by Gasteiger charge is -2.36. The molecule has 0 bridgehead atoms. The molecule has 2 aliphatic rings. The van der Waals surface area contributed by atoms with Gasteiger partial charge in [0.05, 0.1) is 0 Å². The van der Waals surface area contributed by atoms with E-state index in [0.717, 1.165) is 37.1 Å². The molecule has 1 saturated heterocycles. The summed E-state index contributed by atoms with van der Waals surface area (Å²) in [7, 11) is 0. The normalized spacial score (nSPS) is 20.3. The number of nitrogens with one attached hydrogen (secondary N) is 1. The molecule has 3 rings (SSSR count). The predicted molar refractivity (Wildman–Crippen MR) is 98.2 cm³/mol. The minimum absolute atomic E-state index is 0. The Hall–Kier alpha value is 0.490. The summed E-state index contributed by atoms with van der Waals surface area (Å²) in [5, 5.41) is 4.28. The van der Waals surface area contributed by atoms with Crippen molar-refractivity contribution < 1.29 is 0 Å². The molecule has 1 aromatic rings. The molecule has 0 amide bonds. The third kappa shape index (κ3) is 5.26. The Labute approximate surface area is 152 Å². The van der Waals surface area contributed by atoms with Crippen LogP contribution in [0, 0.1) is 5.92 Å². The Morgan fingerprint density at radius 3 is 2.52 bits per heavy atom. The SMILES string of the molecule is Cl.Cl.Clc1ccc(Br)c([C@@H](CC2CC2)N2CCNCC2)c1. The Morgan fingerprint density at radius 1 is 1.24 bits per heavy atom. The molecular formula is C15H22BrCl3N2. The average molecular weight is 417 g/mol. The van der Waals surface area contributed by atoms with Gasteiger partial charge in [-0.3, -0.25) is 4.90 Å². The van der Waals surface area contributed by atoms with Crippen LogP contribution in [0.1, 0.15) is 30.9 Å². The molecule has 1 saturated carbocycles. The van der Waals surface area contributed by atoms with Crippen LogP contribution in [0.3, 0.4) is 0 Å². The molecule has 2 nitrogen and oxygen atoms in total. The van der Waals surface area contributed by atoms with Crippen LogP contribution >= 0.6 is 52.3 Å². The Balaban J connectivity index is 0.00000110. The summed E-state index contributed by atoms with van der Waals surface area (Å²) in [4.78, 5) is 2.62. The fraction of sp³-hybridized carbons (Fsp3) is 0.600. The van der Waals surface area contributed by atoms with Gasteiger partial charge >= 0.3 is 0 Å². The van der Waals surface area contributed by atoms with E-state index in [4.69, 9.17) is 11.6 Å². The molecule has 0 spiro atoms. The van der Waals surface area contributed by atoms with Gasteiger partial charge in [0.25, 0.3) is 0 Å². The highest BCUT2D eigenvalue weighted by atomic mass is 79.9. The average Bonchev–Trinajstić information content (AvgIpc) is 3.24. The number of benzene rings is 1. The van der Waals surface area contributed by atoms with E-state index in [-0.39, 0.29) is 24.8 Å². The highest BCUT2D eigenvalue weighted by molar-refractivity contribution is 9.10. The molecule has 120 valence electrons. The zero-order chi connectivity index (χ0) is 13.2. The largest absolute Gasteiger partial charge is 0.314 e. The van der Waals surface area contributed by atoms with Gasteiger partial charge < -0.3 is 5.32 Å². The molecule has 2 fully saturated rings. The van der Waals surface area contributed by atoms with Gasteiger partial charge in [-0.1, -0.05) is 40.4 Å². The summed E-state index contributed by atoms with van der Waals surface area (Å²) in [6.07, 6.45) is 4.08. The summed E-state index contributed by atoms with van der Waals surface area (Å²) in [5.41, 5.74) is 1.36. The maximum absolute atomic E-state index is 6.20. The molecular weight excluding hydrogens is 394 g/mol. The Kier molecular flexibility index (Phi) is 8.33. The van der Waals surface area contributed by atoms with Crippen LogP contribution in [0.5, 0.6) is 0 Å². The first-order chi connectivity index (χ1) is 9.24. The summed E-state index contributed by atoms with van der Waals surface area (Å²) in [6, 6.07) is 6.70. The summed E-state index contributed by atoms with van der Waals surface area (Å²) >= 11 is 9.91. The first-order valence-corrected chi connectivity index (χ1v) is 8.31. The van der Waals surface area contributed by atoms with Crippen molar-refractivity contribution in [2.24, 2.45) is 5.92 Å². The molecule has 1 heterocycles. The lowest BCUT2D eigenvalue weighted by molar-refractivity contribution is 0.160. The van der Waals surface area contributed by atoms with Gasteiger partial charge in [0, 0.05) is 41.7 Å². The lowest BCUT2D eigenvalue weighted by atomic mass is 9.98. The Bertz CT molecular complexity index is 449. The second kappa shape index (κ2) is 8.95. The predicted octanol–water partition coefficient (Wildman–Crippen LogP) is 4.69. The van der Waals surface area contributed by atoms with Crippen LogP contribution in [0.2, 0.25) is 5.02 Å². The monoisotopic (exact) mass is 414 g/mol. The van der Waals surface area contributed by atoms with E-state index in [1.807, 2.05) is 6.07 Å². The van der Waals surface area contributed by atoms with Crippen LogP contribution < -0.4 is 5.32 Å². The van der Waals surface area contributed by atoms with Crippen molar-refractivity contribution in [3.63, 3.8) is 0 Å². The molecule has 1 aliphatic carbocycles. The van der Waals surface area contributed by atoms with Gasteiger partial charge in [0.15, 0.2) is 0 Å². The number of halogens is 4. The third-order valence-corrected chi connectivity index (χ3v) is 5.12. The van der Waals surface area contributed by atoms with E-state index in [2.05, 4.69) is 38.3 Å². The molecule has 1 aliphatic heterocycles. The van der Waals surface area contributed by atoms with Crippen LogP contribution in [0.15, 0.2) is 22.7 Å². The van der Waals surface area contributed by atoms with Crippen LogP contribution in [-0.4, -0.2) is 31.1 Å². The quantitative estimate of drug-likeness (QED) is 0.766. The van der Waals surface area contributed by atoms with Crippen LogP contribution in [0.25, 0.3) is 0 Å². The van der Waals surface area contributed by atoms with Crippen LogP contribution in [-0.2, 0) is 0 Å². The number of nitrogens with zero attached hydrogens (tertiary/aromatic N) is 1. The van der Waals surface area contributed by atoms with Gasteiger partial charge in [0.2, 0.25) is 0 Å². The second-order valence-electron chi connectivity index (χ2n) is 5.65. The second-order valence-corrected chi connectivity index (χ2v) is 6.94. The summed E-state index contributed by atoms with van der Waals surface area (Å²) < 4.78 is 1.20. The van der Waals surface area contributed by atoms with E-state index >= 15 is 0 Å². The van der Waals surface area contributed by atoms with Crippen molar-refractivity contribution in [2.75, 3.05) is 26.2 Å². The summed E-state index contributed by atoms with van der Waals surface area (Å²) in [6.45, 7) is 4.46. The highest BCUT2D eigenvalue weighted by Crippen LogP contribution is 2.42. The molecule has 1 aromatic carbocycles. The molecule has 0 radical (unpaired) electrons. The number of piperazine rings is 1. The Morgan fingerprint density at radius 2 is 1.90 bits per heavy atom. The fourth-order valence-corrected chi connectivity index (χ4v) is 3.60. The van der Waals surface area contributed by atoms with Gasteiger partial charge in [-0.25, -0.2) is 0 Å². The molecule has 0 aromatic heterocycles. The smallest absolute Gasteiger partial charge is 0.0410 e. The van der Waals surface area contributed by atoms with Gasteiger partial charge in [-0.15, -0.1) is 24.8 Å². The maximum Gasteiger partial charge on any atom is 0.0410 e. The summed E-state index contributed by atoms with van der Waals surface area (Å²) in [5.74, 6) is 0.922. The topological polar surface area (TPSA) is 15.3 Å². The van der Waals surface area contributed by atoms with Crippen molar-refractivity contribution in [3.8, 4) is 0 Å². The van der Waals surface area contributed by atoms with Gasteiger partial charge in [-0.2, -0.15) is 0 Å². The standard InChI is InChI=1S/C15H20BrClN2.2ClH/c16-14-4-3-12(17)10-13(14)15(9-11-1-2-11)19-7-5-18-6-8-19;;/h3-4,10-11,15,18H,1-2,5-9H2;2*1H/t15-;;/m1../s1. The van der Waals surface area contributed by atoms with E-state index in [0.29, 0.717) is 6.04 Å². The van der Waals surface area contributed by atoms with E-state index < -0.39 is 0 Å². The first kappa shape index (κ1) is 19.5. The molecule has 0 unspecified atom stereocenters. The van der Waals surface area contributed by atoms with E-state index in [1.54, 1.807) is 0 Å². The van der Waals surface area contributed by atoms with Gasteiger partial charge in [-0.05, 0) is 36.1 Å². The van der Waals surface area contributed by atoms with Crippen molar-refractivity contribution in [1.29, 1.82) is 0 Å². The van der Waals surface area contributed by atoms with Crippen molar-refractivity contribution >= 4 is 52.3 Å². The number of hydrogen-bond acceptors (Lipinski definition) is 2. The van der Waals surface area contributed by atoms with E-state index in [1.165, 1.54) is 29.3 Å². The van der Waals surface area contributed by atoms with Crippen molar-refractivity contribution in [2.45, 2.75) is 25.3 Å². The zero-order valence-electron chi connectivity index (χ0n) is 11.9. The molecule has 1 atom stereocenters. The minimum Gasteiger partial charge on any atom is -0.314 e. The lowest BCUT2D eigenvalue weighted by Crippen LogP contribution is -2.45. The molecule has 21 heavy (non-hydrogen) atoms. The molecule has 1 N–H and O–H groups in total. The van der Waals surface area contributed by atoms with Crippen molar-refractivity contribution in [1.82, 2.24) is 10.2 Å². The maximum atomic E-state index is 6.20. The number of rotatable bonds is 4. The highest BCUT2D eigenvalue weighted by Gasteiger charge is 2.31. The zero-order valence-corrected chi connectivity index (χ0v) is 15.8. The minimum atomic E-state index is 0. The fourth-order valence-electron chi connectivity index (χ4n) is 2.91. The van der Waals surface area contributed by atoms with Crippen molar-refractivity contribution in [3.05, 3.63) is 33.3 Å².